The number of carbonyl (C=O) groups is 3. The van der Waals surface area contributed by atoms with Crippen LogP contribution in [0, 0.1) is 5.92 Å². The van der Waals surface area contributed by atoms with Crippen LogP contribution in [0.5, 0.6) is 0 Å². The van der Waals surface area contributed by atoms with Crippen molar-refractivity contribution in [3.8, 4) is 0 Å². The number of nitrogens with one attached hydrogen (secondary N) is 2. The molecule has 0 radical (unpaired) electrons. The second-order valence-electron chi connectivity index (χ2n) is 6.65. The van der Waals surface area contributed by atoms with Gasteiger partial charge in [-0.1, -0.05) is 37.3 Å². The van der Waals surface area contributed by atoms with E-state index in [9.17, 15) is 19.5 Å². The van der Waals surface area contributed by atoms with Gasteiger partial charge in [-0.15, -0.1) is 11.8 Å². The Hall–Kier alpha value is -2.26. The van der Waals surface area contributed by atoms with Gasteiger partial charge in [0.1, 0.15) is 18.7 Å². The van der Waals surface area contributed by atoms with Crippen molar-refractivity contribution in [1.82, 2.24) is 10.6 Å². The third-order valence-electron chi connectivity index (χ3n) is 4.52. The van der Waals surface area contributed by atoms with Crippen molar-refractivity contribution in [2.24, 2.45) is 5.92 Å². The Balaban J connectivity index is 1.76. The summed E-state index contributed by atoms with van der Waals surface area (Å²) < 4.78 is 9.82. The maximum absolute atomic E-state index is 11.9. The average molecular weight is 410 g/mol. The van der Waals surface area contributed by atoms with Crippen molar-refractivity contribution < 1.29 is 29.0 Å². The standard InChI is InChI=1S/C19H26N2O6S/c1-12(16-20-15(11-28-16)18(24)26-2)8-9-14(17(22)23)21-19(25)27-10-13-6-4-3-5-7-13/h3-7,12,14-16,20H,8-11H2,1-2H3,(H,21,25)(H,22,23)/t12-,14-,15-,16+/m0/s1. The van der Waals surface area contributed by atoms with E-state index in [0.29, 0.717) is 12.2 Å². The first-order valence-electron chi connectivity index (χ1n) is 9.06. The minimum absolute atomic E-state index is 0.0311. The van der Waals surface area contributed by atoms with Crippen molar-refractivity contribution in [3.63, 3.8) is 0 Å². The second kappa shape index (κ2) is 10.9. The summed E-state index contributed by atoms with van der Waals surface area (Å²) in [6.07, 6.45) is 0.0654. The van der Waals surface area contributed by atoms with Gasteiger partial charge < -0.3 is 19.9 Å². The van der Waals surface area contributed by atoms with E-state index in [-0.39, 0.29) is 36.3 Å². The number of thioether (sulfide) groups is 1. The molecule has 0 unspecified atom stereocenters. The number of carboxylic acid groups (broad SMARTS) is 1. The largest absolute Gasteiger partial charge is 0.480 e. The zero-order valence-electron chi connectivity index (χ0n) is 15.9. The summed E-state index contributed by atoms with van der Waals surface area (Å²) in [6, 6.07) is 7.78. The molecule has 154 valence electrons. The molecule has 0 aliphatic carbocycles. The lowest BCUT2D eigenvalue weighted by atomic mass is 10.0. The summed E-state index contributed by atoms with van der Waals surface area (Å²) in [5, 5.41) is 15.0. The van der Waals surface area contributed by atoms with E-state index >= 15 is 0 Å². The van der Waals surface area contributed by atoms with Gasteiger partial charge in [-0.05, 0) is 24.3 Å². The highest BCUT2D eigenvalue weighted by molar-refractivity contribution is 8.00. The quantitative estimate of drug-likeness (QED) is 0.530. The Morgan fingerprint density at radius 2 is 2.00 bits per heavy atom. The van der Waals surface area contributed by atoms with Crippen LogP contribution in [-0.2, 0) is 25.7 Å². The van der Waals surface area contributed by atoms with Crippen molar-refractivity contribution in [3.05, 3.63) is 35.9 Å². The molecule has 1 aliphatic heterocycles. The monoisotopic (exact) mass is 410 g/mol. The van der Waals surface area contributed by atoms with Gasteiger partial charge in [-0.25, -0.2) is 9.59 Å². The molecule has 0 saturated carbocycles. The zero-order valence-corrected chi connectivity index (χ0v) is 16.7. The SMILES string of the molecule is COC(=O)[C@@H]1CS[C@H]([C@@H](C)CC[C@H](NC(=O)OCc2ccccc2)C(=O)O)N1. The molecule has 3 N–H and O–H groups in total. The first kappa shape index (κ1) is 22.0. The molecule has 1 aromatic carbocycles. The van der Waals surface area contributed by atoms with Crippen LogP contribution in [0.3, 0.4) is 0 Å². The first-order chi connectivity index (χ1) is 13.4. The second-order valence-corrected chi connectivity index (χ2v) is 7.82. The molecule has 1 aromatic rings. The molecular formula is C19H26N2O6S. The number of carboxylic acids is 1. The summed E-state index contributed by atoms with van der Waals surface area (Å²) in [7, 11) is 1.35. The number of aliphatic carboxylic acids is 1. The van der Waals surface area contributed by atoms with Crippen molar-refractivity contribution in [2.75, 3.05) is 12.9 Å². The van der Waals surface area contributed by atoms with Gasteiger partial charge in [0.2, 0.25) is 0 Å². The molecule has 1 heterocycles. The van der Waals surface area contributed by atoms with Crippen LogP contribution in [-0.4, -0.2) is 53.5 Å². The van der Waals surface area contributed by atoms with Crippen LogP contribution >= 0.6 is 11.8 Å². The highest BCUT2D eigenvalue weighted by atomic mass is 32.2. The molecule has 2 rings (SSSR count). The predicted octanol–water partition coefficient (Wildman–Crippen LogP) is 1.99. The number of hydrogen-bond donors (Lipinski definition) is 3. The normalized spacial score (nSPS) is 20.8. The minimum atomic E-state index is -1.11. The van der Waals surface area contributed by atoms with E-state index < -0.39 is 18.1 Å². The lowest BCUT2D eigenvalue weighted by Crippen LogP contribution is -2.42. The fourth-order valence-corrected chi connectivity index (χ4v) is 4.20. The van der Waals surface area contributed by atoms with E-state index in [2.05, 4.69) is 10.6 Å². The fraction of sp³-hybridized carbons (Fsp3) is 0.526. The summed E-state index contributed by atoms with van der Waals surface area (Å²) in [4.78, 5) is 35.0. The van der Waals surface area contributed by atoms with Gasteiger partial charge in [0.15, 0.2) is 0 Å². The van der Waals surface area contributed by atoms with Gasteiger partial charge >= 0.3 is 18.0 Å². The van der Waals surface area contributed by atoms with Crippen molar-refractivity contribution in [2.45, 2.75) is 43.8 Å². The van der Waals surface area contributed by atoms with Gasteiger partial charge in [-0.3, -0.25) is 10.1 Å². The predicted molar refractivity (Wildman–Crippen MR) is 105 cm³/mol. The van der Waals surface area contributed by atoms with Gasteiger partial charge in [0.05, 0.1) is 12.5 Å². The summed E-state index contributed by atoms with van der Waals surface area (Å²) >= 11 is 1.61. The maximum Gasteiger partial charge on any atom is 0.408 e. The van der Waals surface area contributed by atoms with Gasteiger partial charge in [-0.2, -0.15) is 0 Å². The molecule has 1 saturated heterocycles. The van der Waals surface area contributed by atoms with Crippen LogP contribution < -0.4 is 10.6 Å². The number of ether oxygens (including phenoxy) is 2. The Morgan fingerprint density at radius 3 is 2.64 bits per heavy atom. The highest BCUT2D eigenvalue weighted by Crippen LogP contribution is 2.28. The summed E-state index contributed by atoms with van der Waals surface area (Å²) in [5.41, 5.74) is 0.822. The fourth-order valence-electron chi connectivity index (χ4n) is 2.85. The molecule has 9 heteroatoms. The highest BCUT2D eigenvalue weighted by Gasteiger charge is 2.33. The molecule has 0 aromatic heterocycles. The summed E-state index contributed by atoms with van der Waals surface area (Å²) in [5.74, 6) is -0.672. The molecule has 0 spiro atoms. The van der Waals surface area contributed by atoms with Gasteiger partial charge in [0, 0.05) is 5.75 Å². The molecule has 1 fully saturated rings. The number of hydrogen-bond acceptors (Lipinski definition) is 7. The van der Waals surface area contributed by atoms with Gasteiger partial charge in [0.25, 0.3) is 0 Å². The lowest BCUT2D eigenvalue weighted by Gasteiger charge is -2.21. The maximum atomic E-state index is 11.9. The third kappa shape index (κ3) is 6.72. The van der Waals surface area contributed by atoms with E-state index in [4.69, 9.17) is 9.47 Å². The zero-order chi connectivity index (χ0) is 20.5. The van der Waals surface area contributed by atoms with E-state index in [1.807, 2.05) is 37.3 Å². The van der Waals surface area contributed by atoms with Crippen LogP contribution in [0.25, 0.3) is 0 Å². The number of esters is 1. The third-order valence-corrected chi connectivity index (χ3v) is 6.01. The van der Waals surface area contributed by atoms with Crippen LogP contribution in [0.2, 0.25) is 0 Å². The number of methoxy groups -OCH3 is 1. The minimum Gasteiger partial charge on any atom is -0.480 e. The number of rotatable bonds is 9. The molecule has 8 nitrogen and oxygen atoms in total. The Kier molecular flexibility index (Phi) is 8.59. The lowest BCUT2D eigenvalue weighted by molar-refractivity contribution is -0.142. The van der Waals surface area contributed by atoms with E-state index in [1.54, 1.807) is 11.8 Å². The molecule has 1 amide bonds. The van der Waals surface area contributed by atoms with Crippen LogP contribution in [0.4, 0.5) is 4.79 Å². The number of alkyl carbamates (subject to hydrolysis) is 1. The number of benzene rings is 1. The molecule has 28 heavy (non-hydrogen) atoms. The van der Waals surface area contributed by atoms with E-state index in [0.717, 1.165) is 5.56 Å². The Bertz CT molecular complexity index is 672. The Morgan fingerprint density at radius 1 is 1.29 bits per heavy atom. The molecule has 0 bridgehead atoms. The van der Waals surface area contributed by atoms with Crippen molar-refractivity contribution in [1.29, 1.82) is 0 Å². The van der Waals surface area contributed by atoms with Crippen LogP contribution in [0.15, 0.2) is 30.3 Å². The number of amides is 1. The Labute approximate surface area is 168 Å². The smallest absolute Gasteiger partial charge is 0.408 e. The molecule has 1 aliphatic rings. The van der Waals surface area contributed by atoms with Crippen LogP contribution in [0.1, 0.15) is 25.3 Å². The topological polar surface area (TPSA) is 114 Å². The average Bonchev–Trinajstić information content (AvgIpc) is 3.19. The van der Waals surface area contributed by atoms with Crippen molar-refractivity contribution >= 4 is 29.8 Å². The molecule has 4 atom stereocenters. The molecular weight excluding hydrogens is 384 g/mol. The van der Waals surface area contributed by atoms with E-state index in [1.165, 1.54) is 7.11 Å². The number of carbonyl (C=O) groups excluding carboxylic acids is 2. The summed E-state index contributed by atoms with van der Waals surface area (Å²) in [6.45, 7) is 2.06. The first-order valence-corrected chi connectivity index (χ1v) is 10.1.